The van der Waals surface area contributed by atoms with Gasteiger partial charge in [-0.15, -0.1) is 0 Å². The maximum atomic E-state index is 11.5. The summed E-state index contributed by atoms with van der Waals surface area (Å²) >= 11 is 3.26. The number of likely N-dealkylation sites (N-methyl/N-ethyl adjacent to an activating group) is 1. The first-order chi connectivity index (χ1) is 7.63. The zero-order chi connectivity index (χ0) is 12.4. The van der Waals surface area contributed by atoms with Crippen molar-refractivity contribution < 1.29 is 9.63 Å². The van der Waals surface area contributed by atoms with Gasteiger partial charge < -0.3 is 0 Å². The molecule has 0 radical (unpaired) electrons. The van der Waals surface area contributed by atoms with E-state index in [4.69, 9.17) is 4.84 Å². The van der Waals surface area contributed by atoms with Crippen molar-refractivity contribution in [3.63, 3.8) is 0 Å². The number of hydroxylamine groups is 2. The second-order valence-electron chi connectivity index (χ2n) is 3.74. The third kappa shape index (κ3) is 7.01. The Morgan fingerprint density at radius 1 is 1.31 bits per heavy atom. The molecule has 1 amide bonds. The van der Waals surface area contributed by atoms with Gasteiger partial charge in [0, 0.05) is 7.05 Å². The molecule has 0 aromatic heterocycles. The minimum Gasteiger partial charge on any atom is -0.274 e. The van der Waals surface area contributed by atoms with Crippen molar-refractivity contribution in [3.05, 3.63) is 10.6 Å². The van der Waals surface area contributed by atoms with E-state index in [1.165, 1.54) is 37.9 Å². The highest BCUT2D eigenvalue weighted by Gasteiger charge is 2.10. The summed E-state index contributed by atoms with van der Waals surface area (Å²) in [7, 11) is 3.07. The van der Waals surface area contributed by atoms with E-state index >= 15 is 0 Å². The van der Waals surface area contributed by atoms with Gasteiger partial charge >= 0.3 is 0 Å². The van der Waals surface area contributed by atoms with Gasteiger partial charge in [0.25, 0.3) is 5.91 Å². The Labute approximate surface area is 107 Å². The van der Waals surface area contributed by atoms with Crippen LogP contribution in [0.1, 0.15) is 45.4 Å². The second kappa shape index (κ2) is 9.85. The highest BCUT2D eigenvalue weighted by atomic mass is 79.9. The van der Waals surface area contributed by atoms with Crippen LogP contribution in [-0.4, -0.2) is 25.1 Å². The van der Waals surface area contributed by atoms with E-state index in [0.717, 1.165) is 12.8 Å². The molecule has 0 saturated carbocycles. The quantitative estimate of drug-likeness (QED) is 0.388. The molecule has 16 heavy (non-hydrogen) atoms. The van der Waals surface area contributed by atoms with E-state index in [1.807, 2.05) is 6.08 Å². The molecule has 0 aliphatic rings. The lowest BCUT2D eigenvalue weighted by molar-refractivity contribution is -0.163. The highest BCUT2D eigenvalue weighted by molar-refractivity contribution is 9.12. The van der Waals surface area contributed by atoms with Gasteiger partial charge in [0.15, 0.2) is 0 Å². The van der Waals surface area contributed by atoms with E-state index in [0.29, 0.717) is 4.48 Å². The molecule has 0 fully saturated rings. The third-order valence-corrected chi connectivity index (χ3v) is 3.06. The van der Waals surface area contributed by atoms with Crippen LogP contribution >= 0.6 is 15.9 Å². The van der Waals surface area contributed by atoms with E-state index in [9.17, 15) is 4.79 Å². The van der Waals surface area contributed by atoms with Gasteiger partial charge in [0.05, 0.1) is 11.6 Å². The SMILES string of the molecule is CCCCCCC/C=C(\Br)C(=O)N(C)OC. The van der Waals surface area contributed by atoms with E-state index in [2.05, 4.69) is 22.9 Å². The van der Waals surface area contributed by atoms with Gasteiger partial charge in [-0.3, -0.25) is 9.63 Å². The van der Waals surface area contributed by atoms with Crippen LogP contribution in [0, 0.1) is 0 Å². The standard InChI is InChI=1S/C12H22BrNO2/c1-4-5-6-7-8-9-10-11(13)12(15)14(2)16-3/h10H,4-9H2,1-3H3/b11-10-. The number of carbonyl (C=O) groups is 1. The summed E-state index contributed by atoms with van der Waals surface area (Å²) in [5.74, 6) is -0.143. The predicted octanol–water partition coefficient (Wildman–Crippen LogP) is 3.65. The largest absolute Gasteiger partial charge is 0.283 e. The molecule has 0 aliphatic heterocycles. The first-order valence-electron chi connectivity index (χ1n) is 5.81. The van der Waals surface area contributed by atoms with Crippen LogP contribution in [0.4, 0.5) is 0 Å². The van der Waals surface area contributed by atoms with Crippen LogP contribution in [0.2, 0.25) is 0 Å². The molecule has 0 aliphatic carbocycles. The van der Waals surface area contributed by atoms with Gasteiger partial charge in [0.2, 0.25) is 0 Å². The zero-order valence-corrected chi connectivity index (χ0v) is 12.0. The van der Waals surface area contributed by atoms with Crippen molar-refractivity contribution in [2.24, 2.45) is 0 Å². The lowest BCUT2D eigenvalue weighted by atomic mass is 10.1. The summed E-state index contributed by atoms with van der Waals surface area (Å²) in [6.07, 6.45) is 9.08. The summed E-state index contributed by atoms with van der Waals surface area (Å²) in [4.78, 5) is 16.3. The topological polar surface area (TPSA) is 29.5 Å². The highest BCUT2D eigenvalue weighted by Crippen LogP contribution is 2.12. The first-order valence-corrected chi connectivity index (χ1v) is 6.60. The normalized spacial score (nSPS) is 11.6. The van der Waals surface area contributed by atoms with Crippen LogP contribution in [0.25, 0.3) is 0 Å². The number of unbranched alkanes of at least 4 members (excludes halogenated alkanes) is 5. The smallest absolute Gasteiger partial charge is 0.274 e. The Hall–Kier alpha value is -0.350. The van der Waals surface area contributed by atoms with Crippen molar-refractivity contribution in [3.8, 4) is 0 Å². The minimum absolute atomic E-state index is 0.143. The van der Waals surface area contributed by atoms with Crippen molar-refractivity contribution in [2.75, 3.05) is 14.2 Å². The number of nitrogens with zero attached hydrogens (tertiary/aromatic N) is 1. The number of hydrogen-bond acceptors (Lipinski definition) is 2. The second-order valence-corrected chi connectivity index (χ2v) is 4.59. The van der Waals surface area contributed by atoms with Crippen molar-refractivity contribution in [2.45, 2.75) is 45.4 Å². The fraction of sp³-hybridized carbons (Fsp3) is 0.750. The molecule has 0 unspecified atom stereocenters. The summed E-state index contributed by atoms with van der Waals surface area (Å²) in [5.41, 5.74) is 0. The molecule has 0 rings (SSSR count). The Morgan fingerprint density at radius 2 is 1.94 bits per heavy atom. The number of allylic oxidation sites excluding steroid dienone is 1. The average Bonchev–Trinajstić information content (AvgIpc) is 2.31. The fourth-order valence-electron chi connectivity index (χ4n) is 1.30. The van der Waals surface area contributed by atoms with Gasteiger partial charge in [-0.25, -0.2) is 5.06 Å². The number of hydrogen-bond donors (Lipinski definition) is 0. The molecule has 0 bridgehead atoms. The lowest BCUT2D eigenvalue weighted by Gasteiger charge is -2.12. The predicted molar refractivity (Wildman–Crippen MR) is 70.2 cm³/mol. The molecular formula is C12H22BrNO2. The molecule has 0 aromatic rings. The molecule has 0 N–H and O–H groups in total. The van der Waals surface area contributed by atoms with Crippen LogP contribution in [-0.2, 0) is 9.63 Å². The van der Waals surface area contributed by atoms with Crippen LogP contribution < -0.4 is 0 Å². The molecule has 3 nitrogen and oxygen atoms in total. The van der Waals surface area contributed by atoms with Crippen molar-refractivity contribution >= 4 is 21.8 Å². The van der Waals surface area contributed by atoms with Gasteiger partial charge in [-0.1, -0.05) is 38.7 Å². The molecule has 4 heteroatoms. The number of halogens is 1. The van der Waals surface area contributed by atoms with Crippen molar-refractivity contribution in [1.29, 1.82) is 0 Å². The molecule has 94 valence electrons. The number of amides is 1. The monoisotopic (exact) mass is 291 g/mol. The Bertz CT molecular complexity index is 229. The molecule has 0 saturated heterocycles. The average molecular weight is 292 g/mol. The Morgan fingerprint density at radius 3 is 2.50 bits per heavy atom. The zero-order valence-electron chi connectivity index (χ0n) is 10.5. The lowest BCUT2D eigenvalue weighted by Crippen LogP contribution is -2.25. The van der Waals surface area contributed by atoms with Gasteiger partial charge in [0.1, 0.15) is 0 Å². The van der Waals surface area contributed by atoms with E-state index in [-0.39, 0.29) is 5.91 Å². The van der Waals surface area contributed by atoms with Crippen molar-refractivity contribution in [1.82, 2.24) is 5.06 Å². The third-order valence-electron chi connectivity index (χ3n) is 2.40. The minimum atomic E-state index is -0.143. The molecule has 0 spiro atoms. The maximum absolute atomic E-state index is 11.5. The molecule has 0 aromatic carbocycles. The van der Waals surface area contributed by atoms with E-state index in [1.54, 1.807) is 7.05 Å². The summed E-state index contributed by atoms with van der Waals surface area (Å²) in [5, 5.41) is 1.21. The maximum Gasteiger partial charge on any atom is 0.283 e. The molecular weight excluding hydrogens is 270 g/mol. The van der Waals surface area contributed by atoms with Crippen LogP contribution in [0.15, 0.2) is 10.6 Å². The van der Waals surface area contributed by atoms with Gasteiger partial charge in [-0.05, 0) is 28.8 Å². The summed E-state index contributed by atoms with van der Waals surface area (Å²) in [6, 6.07) is 0. The fourth-order valence-corrected chi connectivity index (χ4v) is 1.78. The number of rotatable bonds is 8. The van der Waals surface area contributed by atoms with E-state index < -0.39 is 0 Å². The van der Waals surface area contributed by atoms with Gasteiger partial charge in [-0.2, -0.15) is 0 Å². The summed E-state index contributed by atoms with van der Waals surface area (Å²) in [6.45, 7) is 2.20. The number of carbonyl (C=O) groups excluding carboxylic acids is 1. The summed E-state index contributed by atoms with van der Waals surface area (Å²) < 4.78 is 0.576. The first kappa shape index (κ1) is 15.7. The van der Waals surface area contributed by atoms with Crippen LogP contribution in [0.5, 0.6) is 0 Å². The molecule has 0 heterocycles. The Balaban J connectivity index is 3.74. The molecule has 0 atom stereocenters. The van der Waals surface area contributed by atoms with Crippen LogP contribution in [0.3, 0.4) is 0 Å². The Kier molecular flexibility index (Phi) is 9.63.